The SMILES string of the molecule is Fc1ccc(CNC(=S)N[C@@H]2CCOc3ccccc32)cc1. The molecule has 3 rings (SSSR count). The molecule has 2 aromatic rings. The molecule has 0 saturated heterocycles. The third-order valence-electron chi connectivity index (χ3n) is 3.63. The van der Waals surface area contributed by atoms with Gasteiger partial charge in [-0.3, -0.25) is 0 Å². The molecule has 0 aliphatic carbocycles. The molecule has 0 fully saturated rings. The average Bonchev–Trinajstić information content (AvgIpc) is 2.55. The van der Waals surface area contributed by atoms with Gasteiger partial charge < -0.3 is 15.4 Å². The van der Waals surface area contributed by atoms with Crippen molar-refractivity contribution in [3.05, 3.63) is 65.5 Å². The van der Waals surface area contributed by atoms with Gasteiger partial charge in [-0.05, 0) is 36.0 Å². The van der Waals surface area contributed by atoms with E-state index >= 15 is 0 Å². The average molecular weight is 316 g/mol. The molecular weight excluding hydrogens is 299 g/mol. The van der Waals surface area contributed by atoms with E-state index in [0.717, 1.165) is 23.3 Å². The van der Waals surface area contributed by atoms with Crippen molar-refractivity contribution >= 4 is 17.3 Å². The van der Waals surface area contributed by atoms with Crippen LogP contribution < -0.4 is 15.4 Å². The van der Waals surface area contributed by atoms with E-state index < -0.39 is 0 Å². The molecule has 1 aliphatic heterocycles. The van der Waals surface area contributed by atoms with Gasteiger partial charge in [0.05, 0.1) is 12.6 Å². The van der Waals surface area contributed by atoms with Crippen molar-refractivity contribution in [2.75, 3.05) is 6.61 Å². The minimum atomic E-state index is -0.233. The Morgan fingerprint density at radius 1 is 1.18 bits per heavy atom. The largest absolute Gasteiger partial charge is 0.493 e. The smallest absolute Gasteiger partial charge is 0.167 e. The zero-order chi connectivity index (χ0) is 15.4. The van der Waals surface area contributed by atoms with Crippen LogP contribution >= 0.6 is 12.2 Å². The lowest BCUT2D eigenvalue weighted by molar-refractivity contribution is 0.262. The van der Waals surface area contributed by atoms with Crippen molar-refractivity contribution in [1.82, 2.24) is 10.6 Å². The molecule has 1 aliphatic rings. The van der Waals surface area contributed by atoms with Gasteiger partial charge in [0.25, 0.3) is 0 Å². The molecule has 5 heteroatoms. The molecule has 114 valence electrons. The first kappa shape index (κ1) is 14.8. The highest BCUT2D eigenvalue weighted by Gasteiger charge is 2.21. The standard InChI is InChI=1S/C17H17FN2OS/c18-13-7-5-12(6-8-13)11-19-17(22)20-15-9-10-21-16-4-2-1-3-14(15)16/h1-8,15H,9-11H2,(H2,19,20,22)/t15-/m1/s1. The summed E-state index contributed by atoms with van der Waals surface area (Å²) in [5, 5.41) is 7.07. The van der Waals surface area contributed by atoms with Gasteiger partial charge in [0, 0.05) is 18.5 Å². The topological polar surface area (TPSA) is 33.3 Å². The summed E-state index contributed by atoms with van der Waals surface area (Å²) in [5.74, 6) is 0.677. The Hall–Kier alpha value is -2.14. The Labute approximate surface area is 134 Å². The van der Waals surface area contributed by atoms with Crippen molar-refractivity contribution in [2.45, 2.75) is 19.0 Å². The summed E-state index contributed by atoms with van der Waals surface area (Å²) in [6.07, 6.45) is 0.870. The summed E-state index contributed by atoms with van der Waals surface area (Å²) in [5.41, 5.74) is 2.11. The maximum atomic E-state index is 12.9. The van der Waals surface area contributed by atoms with Gasteiger partial charge in [-0.2, -0.15) is 0 Å². The fourth-order valence-corrected chi connectivity index (χ4v) is 2.70. The number of ether oxygens (including phenoxy) is 1. The van der Waals surface area contributed by atoms with Crippen molar-refractivity contribution < 1.29 is 9.13 Å². The number of thiocarbonyl (C=S) groups is 1. The van der Waals surface area contributed by atoms with Crippen LogP contribution in [0.25, 0.3) is 0 Å². The van der Waals surface area contributed by atoms with Gasteiger partial charge in [0.2, 0.25) is 0 Å². The molecule has 2 N–H and O–H groups in total. The van der Waals surface area contributed by atoms with Crippen molar-refractivity contribution in [3.8, 4) is 5.75 Å². The van der Waals surface area contributed by atoms with Crippen LogP contribution in [0.3, 0.4) is 0 Å². The summed E-state index contributed by atoms with van der Waals surface area (Å²) in [6, 6.07) is 14.5. The Morgan fingerprint density at radius 3 is 2.77 bits per heavy atom. The summed E-state index contributed by atoms with van der Waals surface area (Å²) in [4.78, 5) is 0. The quantitative estimate of drug-likeness (QED) is 0.851. The van der Waals surface area contributed by atoms with Gasteiger partial charge in [-0.25, -0.2) is 4.39 Å². The number of halogens is 1. The molecule has 1 heterocycles. The predicted octanol–water partition coefficient (Wildman–Crippen LogP) is 3.31. The summed E-state index contributed by atoms with van der Waals surface area (Å²) < 4.78 is 18.5. The lowest BCUT2D eigenvalue weighted by Crippen LogP contribution is -2.39. The number of hydrogen-bond acceptors (Lipinski definition) is 2. The van der Waals surface area contributed by atoms with E-state index in [2.05, 4.69) is 16.7 Å². The Bertz CT molecular complexity index is 660. The van der Waals surface area contributed by atoms with Crippen LogP contribution in [-0.2, 0) is 6.54 Å². The van der Waals surface area contributed by atoms with Crippen LogP contribution in [0.2, 0.25) is 0 Å². The summed E-state index contributed by atoms with van der Waals surface area (Å²) >= 11 is 5.35. The van der Waals surface area contributed by atoms with Crippen molar-refractivity contribution in [2.24, 2.45) is 0 Å². The number of benzene rings is 2. The summed E-state index contributed by atoms with van der Waals surface area (Å²) in [7, 11) is 0. The van der Waals surface area contributed by atoms with Gasteiger partial charge in [-0.1, -0.05) is 30.3 Å². The van der Waals surface area contributed by atoms with E-state index in [1.165, 1.54) is 12.1 Å². The van der Waals surface area contributed by atoms with Crippen LogP contribution in [0.15, 0.2) is 48.5 Å². The van der Waals surface area contributed by atoms with E-state index in [4.69, 9.17) is 17.0 Å². The molecule has 0 radical (unpaired) electrons. The maximum absolute atomic E-state index is 12.9. The van der Waals surface area contributed by atoms with E-state index in [1.54, 1.807) is 12.1 Å². The third kappa shape index (κ3) is 3.54. The lowest BCUT2D eigenvalue weighted by atomic mass is 10.0. The van der Waals surface area contributed by atoms with Gasteiger partial charge in [0.1, 0.15) is 11.6 Å². The molecule has 0 amide bonds. The van der Waals surface area contributed by atoms with E-state index in [0.29, 0.717) is 18.3 Å². The molecule has 0 saturated carbocycles. The second kappa shape index (κ2) is 6.75. The minimum absolute atomic E-state index is 0.151. The Balaban J connectivity index is 1.57. The second-order valence-electron chi connectivity index (χ2n) is 5.18. The Morgan fingerprint density at radius 2 is 1.95 bits per heavy atom. The van der Waals surface area contributed by atoms with Crippen LogP contribution in [0.5, 0.6) is 5.75 Å². The monoisotopic (exact) mass is 316 g/mol. The third-order valence-corrected chi connectivity index (χ3v) is 3.89. The maximum Gasteiger partial charge on any atom is 0.167 e. The van der Waals surface area contributed by atoms with Gasteiger partial charge in [0.15, 0.2) is 5.11 Å². The van der Waals surface area contributed by atoms with Gasteiger partial charge in [-0.15, -0.1) is 0 Å². The molecule has 0 aromatic heterocycles. The Kier molecular flexibility index (Phi) is 4.53. The molecule has 3 nitrogen and oxygen atoms in total. The highest BCUT2D eigenvalue weighted by Crippen LogP contribution is 2.31. The molecule has 0 spiro atoms. The van der Waals surface area contributed by atoms with E-state index in [1.807, 2.05) is 18.2 Å². The molecule has 0 unspecified atom stereocenters. The zero-order valence-corrected chi connectivity index (χ0v) is 12.8. The number of para-hydroxylation sites is 1. The number of hydrogen-bond donors (Lipinski definition) is 2. The number of nitrogens with one attached hydrogen (secondary N) is 2. The van der Waals surface area contributed by atoms with Crippen LogP contribution in [-0.4, -0.2) is 11.7 Å². The fraction of sp³-hybridized carbons (Fsp3) is 0.235. The number of fused-ring (bicyclic) bond motifs is 1. The molecule has 2 aromatic carbocycles. The lowest BCUT2D eigenvalue weighted by Gasteiger charge is -2.27. The highest BCUT2D eigenvalue weighted by atomic mass is 32.1. The zero-order valence-electron chi connectivity index (χ0n) is 12.0. The molecule has 22 heavy (non-hydrogen) atoms. The first-order valence-electron chi connectivity index (χ1n) is 7.23. The first-order chi connectivity index (χ1) is 10.7. The fourth-order valence-electron chi connectivity index (χ4n) is 2.49. The minimum Gasteiger partial charge on any atom is -0.493 e. The normalized spacial score (nSPS) is 16.3. The number of rotatable bonds is 3. The second-order valence-corrected chi connectivity index (χ2v) is 5.59. The van der Waals surface area contributed by atoms with Gasteiger partial charge >= 0.3 is 0 Å². The van der Waals surface area contributed by atoms with Crippen molar-refractivity contribution in [1.29, 1.82) is 0 Å². The van der Waals surface area contributed by atoms with E-state index in [9.17, 15) is 4.39 Å². The predicted molar refractivity (Wildman–Crippen MR) is 88.3 cm³/mol. The van der Waals surface area contributed by atoms with Crippen LogP contribution in [0.4, 0.5) is 4.39 Å². The molecule has 0 bridgehead atoms. The van der Waals surface area contributed by atoms with Crippen LogP contribution in [0, 0.1) is 5.82 Å². The molecule has 1 atom stereocenters. The van der Waals surface area contributed by atoms with E-state index in [-0.39, 0.29) is 11.9 Å². The van der Waals surface area contributed by atoms with Crippen LogP contribution in [0.1, 0.15) is 23.6 Å². The molecular formula is C17H17FN2OS. The van der Waals surface area contributed by atoms with Crippen molar-refractivity contribution in [3.63, 3.8) is 0 Å². The highest BCUT2D eigenvalue weighted by molar-refractivity contribution is 7.80. The summed E-state index contributed by atoms with van der Waals surface area (Å²) in [6.45, 7) is 1.24. The first-order valence-corrected chi connectivity index (χ1v) is 7.64.